The van der Waals surface area contributed by atoms with Crippen LogP contribution in [0.2, 0.25) is 10.0 Å². The third-order valence-corrected chi connectivity index (χ3v) is 5.35. The van der Waals surface area contributed by atoms with Crippen LogP contribution < -0.4 is 5.32 Å². The fourth-order valence-electron chi connectivity index (χ4n) is 3.67. The summed E-state index contributed by atoms with van der Waals surface area (Å²) in [7, 11) is 0. The van der Waals surface area contributed by atoms with Crippen molar-refractivity contribution in [3.05, 3.63) is 56.3 Å². The molecule has 1 aromatic rings. The summed E-state index contributed by atoms with van der Waals surface area (Å²) < 4.78 is 5.30. The second-order valence-electron chi connectivity index (χ2n) is 6.36. The lowest BCUT2D eigenvalue weighted by molar-refractivity contribution is -0.138. The molecule has 1 atom stereocenters. The van der Waals surface area contributed by atoms with Crippen LogP contribution in [0.25, 0.3) is 0 Å². The molecule has 0 unspecified atom stereocenters. The van der Waals surface area contributed by atoms with Crippen molar-refractivity contribution < 1.29 is 14.3 Å². The number of carbonyl (C=O) groups excluding carboxylic acids is 2. The van der Waals surface area contributed by atoms with E-state index in [9.17, 15) is 9.59 Å². The first-order valence-corrected chi connectivity index (χ1v) is 9.61. The number of allylic oxidation sites excluding steroid dienone is 3. The third-order valence-electron chi connectivity index (χ3n) is 4.78. The lowest BCUT2D eigenvalue weighted by atomic mass is 9.75. The van der Waals surface area contributed by atoms with Crippen LogP contribution in [-0.4, -0.2) is 18.4 Å². The van der Waals surface area contributed by atoms with Gasteiger partial charge in [-0.05, 0) is 43.9 Å². The van der Waals surface area contributed by atoms with Gasteiger partial charge in [0.05, 0.1) is 12.2 Å². The Morgan fingerprint density at radius 2 is 2.04 bits per heavy atom. The van der Waals surface area contributed by atoms with Gasteiger partial charge < -0.3 is 10.1 Å². The molecular weight excluding hydrogens is 373 g/mol. The summed E-state index contributed by atoms with van der Waals surface area (Å²) in [4.78, 5) is 25.6. The number of Topliss-reactive ketones (excluding diaryl/α,β-unsaturated/α-hetero) is 1. The van der Waals surface area contributed by atoms with Crippen molar-refractivity contribution in [3.63, 3.8) is 0 Å². The minimum atomic E-state index is -0.530. The molecule has 0 saturated carbocycles. The highest BCUT2D eigenvalue weighted by Crippen LogP contribution is 2.45. The van der Waals surface area contributed by atoms with Gasteiger partial charge in [0.15, 0.2) is 5.78 Å². The van der Waals surface area contributed by atoms with E-state index < -0.39 is 11.9 Å². The Hall–Kier alpha value is -1.78. The zero-order valence-electron chi connectivity index (χ0n) is 14.8. The van der Waals surface area contributed by atoms with Crippen molar-refractivity contribution in [2.75, 3.05) is 6.61 Å². The van der Waals surface area contributed by atoms with Crippen molar-refractivity contribution in [1.29, 1.82) is 0 Å². The predicted octanol–water partition coefficient (Wildman–Crippen LogP) is 4.91. The van der Waals surface area contributed by atoms with Crippen molar-refractivity contribution in [2.45, 2.75) is 45.4 Å². The van der Waals surface area contributed by atoms with Gasteiger partial charge >= 0.3 is 5.97 Å². The first kappa shape index (κ1) is 19.0. The molecule has 1 aliphatic carbocycles. The van der Waals surface area contributed by atoms with Gasteiger partial charge in [-0.1, -0.05) is 36.2 Å². The number of hydrogen-bond donors (Lipinski definition) is 1. The number of rotatable bonds is 4. The Labute approximate surface area is 163 Å². The molecule has 1 aromatic carbocycles. The molecule has 138 valence electrons. The molecule has 4 nitrogen and oxygen atoms in total. The van der Waals surface area contributed by atoms with E-state index in [0.717, 1.165) is 24.2 Å². The Morgan fingerprint density at radius 1 is 1.27 bits per heavy atom. The molecule has 6 heteroatoms. The summed E-state index contributed by atoms with van der Waals surface area (Å²) in [5, 5.41) is 4.27. The van der Waals surface area contributed by atoms with E-state index in [1.807, 2.05) is 6.92 Å². The molecule has 0 aromatic heterocycles. The second kappa shape index (κ2) is 7.85. The van der Waals surface area contributed by atoms with Gasteiger partial charge in [0.25, 0.3) is 0 Å². The van der Waals surface area contributed by atoms with E-state index >= 15 is 0 Å². The van der Waals surface area contributed by atoms with Crippen molar-refractivity contribution in [2.24, 2.45) is 0 Å². The predicted molar refractivity (Wildman–Crippen MR) is 102 cm³/mol. The van der Waals surface area contributed by atoms with Crippen LogP contribution in [0.15, 0.2) is 40.7 Å². The number of hydrogen-bond acceptors (Lipinski definition) is 4. The summed E-state index contributed by atoms with van der Waals surface area (Å²) in [6, 6.07) is 5.16. The molecule has 0 saturated heterocycles. The molecule has 1 N–H and O–H groups in total. The van der Waals surface area contributed by atoms with Crippen LogP contribution in [0, 0.1) is 0 Å². The van der Waals surface area contributed by atoms with Crippen LogP contribution in [0.3, 0.4) is 0 Å². The standard InChI is InChI=1S/C20H21Cl2NO3/c1-3-14-19(20(25)26-4-2)17(12-9-8-11(21)10-13(12)22)18-15(23-14)6-5-7-16(18)24/h8-10,17,23H,3-7H2,1-2H3/t17-/m1/s1. The van der Waals surface area contributed by atoms with Gasteiger partial charge in [-0.2, -0.15) is 0 Å². The maximum absolute atomic E-state index is 12.8. The molecular formula is C20H21Cl2NO3. The second-order valence-corrected chi connectivity index (χ2v) is 7.20. The molecule has 1 heterocycles. The number of halogens is 2. The first-order chi connectivity index (χ1) is 12.5. The normalized spacial score (nSPS) is 20.0. The van der Waals surface area contributed by atoms with E-state index in [4.69, 9.17) is 27.9 Å². The van der Waals surface area contributed by atoms with Crippen molar-refractivity contribution >= 4 is 35.0 Å². The van der Waals surface area contributed by atoms with Crippen LogP contribution in [-0.2, 0) is 14.3 Å². The highest BCUT2D eigenvalue weighted by molar-refractivity contribution is 6.35. The topological polar surface area (TPSA) is 55.4 Å². The van der Waals surface area contributed by atoms with Gasteiger partial charge in [0, 0.05) is 39.4 Å². The first-order valence-electron chi connectivity index (χ1n) is 8.86. The monoisotopic (exact) mass is 393 g/mol. The largest absolute Gasteiger partial charge is 0.463 e. The molecule has 0 amide bonds. The van der Waals surface area contributed by atoms with E-state index in [2.05, 4.69) is 5.32 Å². The smallest absolute Gasteiger partial charge is 0.336 e. The number of benzene rings is 1. The Morgan fingerprint density at radius 3 is 2.69 bits per heavy atom. The van der Waals surface area contributed by atoms with Gasteiger partial charge in [-0.3, -0.25) is 4.79 Å². The zero-order chi connectivity index (χ0) is 18.8. The molecule has 0 spiro atoms. The van der Waals surface area contributed by atoms with Crippen LogP contribution in [0.5, 0.6) is 0 Å². The fraction of sp³-hybridized carbons (Fsp3) is 0.400. The molecule has 0 bridgehead atoms. The summed E-state index contributed by atoms with van der Waals surface area (Å²) in [5.41, 5.74) is 3.47. The Kier molecular flexibility index (Phi) is 5.73. The van der Waals surface area contributed by atoms with E-state index in [1.165, 1.54) is 0 Å². The summed E-state index contributed by atoms with van der Waals surface area (Å²) in [6.07, 6.45) is 2.68. The number of ether oxygens (including phenoxy) is 1. The highest BCUT2D eigenvalue weighted by atomic mass is 35.5. The van der Waals surface area contributed by atoms with Crippen LogP contribution in [0.4, 0.5) is 0 Å². The highest BCUT2D eigenvalue weighted by Gasteiger charge is 2.40. The number of ketones is 1. The van der Waals surface area contributed by atoms with E-state index in [0.29, 0.717) is 39.6 Å². The average molecular weight is 394 g/mol. The van der Waals surface area contributed by atoms with Gasteiger partial charge in [0.2, 0.25) is 0 Å². The molecule has 0 fully saturated rings. The minimum absolute atomic E-state index is 0.0479. The summed E-state index contributed by atoms with van der Waals surface area (Å²) in [6.45, 7) is 4.00. The number of carbonyl (C=O) groups is 2. The molecule has 2 aliphatic rings. The lowest BCUT2D eigenvalue weighted by Crippen LogP contribution is -2.35. The van der Waals surface area contributed by atoms with Crippen LogP contribution in [0.1, 0.15) is 51.0 Å². The maximum atomic E-state index is 12.8. The maximum Gasteiger partial charge on any atom is 0.336 e. The number of dihydropyridines is 1. The van der Waals surface area contributed by atoms with Crippen molar-refractivity contribution in [3.8, 4) is 0 Å². The molecule has 1 aliphatic heterocycles. The molecule has 0 radical (unpaired) electrons. The number of nitrogens with one attached hydrogen (secondary N) is 1. The van der Waals surface area contributed by atoms with Crippen LogP contribution >= 0.6 is 23.2 Å². The van der Waals surface area contributed by atoms with Gasteiger partial charge in [0.1, 0.15) is 0 Å². The zero-order valence-corrected chi connectivity index (χ0v) is 16.3. The summed E-state index contributed by atoms with van der Waals surface area (Å²) >= 11 is 12.5. The number of esters is 1. The quantitative estimate of drug-likeness (QED) is 0.737. The fourth-order valence-corrected chi connectivity index (χ4v) is 4.19. The molecule has 26 heavy (non-hydrogen) atoms. The van der Waals surface area contributed by atoms with E-state index in [1.54, 1.807) is 25.1 Å². The molecule has 3 rings (SSSR count). The van der Waals surface area contributed by atoms with Gasteiger partial charge in [-0.25, -0.2) is 4.79 Å². The Bertz CT molecular complexity index is 826. The minimum Gasteiger partial charge on any atom is -0.463 e. The summed E-state index contributed by atoms with van der Waals surface area (Å²) in [5.74, 6) is -0.901. The average Bonchev–Trinajstić information content (AvgIpc) is 2.60. The lowest BCUT2D eigenvalue weighted by Gasteiger charge is -2.35. The van der Waals surface area contributed by atoms with Gasteiger partial charge in [-0.15, -0.1) is 0 Å². The van der Waals surface area contributed by atoms with Crippen molar-refractivity contribution in [1.82, 2.24) is 5.32 Å². The third kappa shape index (κ3) is 3.40. The Balaban J connectivity index is 2.23. The SMILES string of the molecule is CCOC(=O)C1=C(CC)NC2=C(C(=O)CCC2)[C@H]1c1ccc(Cl)cc1Cl. The van der Waals surface area contributed by atoms with E-state index in [-0.39, 0.29) is 12.4 Å².